The second-order valence-electron chi connectivity index (χ2n) is 5.88. The summed E-state index contributed by atoms with van der Waals surface area (Å²) in [5.41, 5.74) is 0.421. The van der Waals surface area contributed by atoms with Crippen LogP contribution in [-0.2, 0) is 6.42 Å². The van der Waals surface area contributed by atoms with Crippen molar-refractivity contribution in [2.24, 2.45) is 5.41 Å². The van der Waals surface area contributed by atoms with Crippen LogP contribution in [0.3, 0.4) is 0 Å². The van der Waals surface area contributed by atoms with Crippen LogP contribution < -0.4 is 5.32 Å². The molecule has 0 saturated carbocycles. The molecule has 0 spiro atoms. The van der Waals surface area contributed by atoms with Crippen molar-refractivity contribution in [2.75, 3.05) is 6.54 Å². The molecule has 1 N–H and O–H groups in total. The predicted molar refractivity (Wildman–Crippen MR) is 91.1 cm³/mol. The Hall–Kier alpha value is 0.140. The third-order valence-electron chi connectivity index (χ3n) is 3.87. The standard InChI is InChI=1S/C16H28BrNS/c1-5-7-10-16(6-2,12-18-13(3)4)11-14-8-9-15(17)19-14/h8-9,13,18H,5-7,10-12H2,1-4H3. The molecule has 3 heteroatoms. The minimum absolute atomic E-state index is 0.421. The van der Waals surface area contributed by atoms with Gasteiger partial charge < -0.3 is 5.32 Å². The van der Waals surface area contributed by atoms with E-state index in [0.29, 0.717) is 11.5 Å². The number of halogens is 1. The van der Waals surface area contributed by atoms with Crippen LogP contribution in [0.5, 0.6) is 0 Å². The van der Waals surface area contributed by atoms with Gasteiger partial charge in [0.2, 0.25) is 0 Å². The lowest BCUT2D eigenvalue weighted by Gasteiger charge is -2.34. The SMILES string of the molecule is CCCCC(CC)(CNC(C)C)Cc1ccc(Br)s1. The molecule has 0 aliphatic carbocycles. The van der Waals surface area contributed by atoms with E-state index in [1.807, 2.05) is 11.3 Å². The van der Waals surface area contributed by atoms with Gasteiger partial charge in [-0.2, -0.15) is 0 Å². The zero-order valence-electron chi connectivity index (χ0n) is 12.8. The molecular weight excluding hydrogens is 318 g/mol. The van der Waals surface area contributed by atoms with Gasteiger partial charge in [-0.1, -0.05) is 40.5 Å². The highest BCUT2D eigenvalue weighted by Crippen LogP contribution is 2.35. The summed E-state index contributed by atoms with van der Waals surface area (Å²) in [6.07, 6.45) is 6.41. The molecule has 1 atom stereocenters. The van der Waals surface area contributed by atoms with E-state index in [2.05, 4.69) is 61.1 Å². The molecule has 0 saturated heterocycles. The largest absolute Gasteiger partial charge is 0.314 e. The summed E-state index contributed by atoms with van der Waals surface area (Å²) in [4.78, 5) is 1.51. The maximum Gasteiger partial charge on any atom is 0.0701 e. The molecule has 0 amide bonds. The zero-order chi connectivity index (χ0) is 14.3. The molecule has 1 rings (SSSR count). The molecule has 0 aromatic carbocycles. The second-order valence-corrected chi connectivity index (χ2v) is 8.42. The van der Waals surface area contributed by atoms with Crippen molar-refractivity contribution < 1.29 is 0 Å². The number of thiophene rings is 1. The number of unbranched alkanes of at least 4 members (excludes halogenated alkanes) is 1. The fourth-order valence-corrected chi connectivity index (χ4v) is 4.11. The molecule has 1 heterocycles. The van der Waals surface area contributed by atoms with Crippen LogP contribution in [0.1, 0.15) is 58.3 Å². The van der Waals surface area contributed by atoms with Gasteiger partial charge in [0, 0.05) is 17.5 Å². The maximum absolute atomic E-state index is 3.67. The molecule has 19 heavy (non-hydrogen) atoms. The summed E-state index contributed by atoms with van der Waals surface area (Å²) >= 11 is 5.47. The van der Waals surface area contributed by atoms with Crippen molar-refractivity contribution in [3.8, 4) is 0 Å². The summed E-state index contributed by atoms with van der Waals surface area (Å²) in [7, 11) is 0. The molecule has 1 nitrogen and oxygen atoms in total. The molecule has 0 radical (unpaired) electrons. The van der Waals surface area contributed by atoms with Crippen LogP contribution in [0.2, 0.25) is 0 Å². The van der Waals surface area contributed by atoms with Crippen LogP contribution >= 0.6 is 27.3 Å². The van der Waals surface area contributed by atoms with Crippen LogP contribution in [0.25, 0.3) is 0 Å². The lowest BCUT2D eigenvalue weighted by atomic mass is 9.76. The molecule has 0 aliphatic heterocycles. The van der Waals surface area contributed by atoms with E-state index < -0.39 is 0 Å². The molecule has 1 aromatic heterocycles. The van der Waals surface area contributed by atoms with Gasteiger partial charge in [-0.15, -0.1) is 11.3 Å². The lowest BCUT2D eigenvalue weighted by Crippen LogP contribution is -2.38. The number of rotatable bonds is 9. The van der Waals surface area contributed by atoms with Crippen LogP contribution in [-0.4, -0.2) is 12.6 Å². The molecule has 110 valence electrons. The predicted octanol–water partition coefficient (Wildman–Crippen LogP) is 5.64. The van der Waals surface area contributed by atoms with E-state index >= 15 is 0 Å². The monoisotopic (exact) mass is 345 g/mol. The third kappa shape index (κ3) is 5.97. The maximum atomic E-state index is 3.67. The van der Waals surface area contributed by atoms with Crippen molar-refractivity contribution in [1.82, 2.24) is 5.32 Å². The summed E-state index contributed by atoms with van der Waals surface area (Å²) in [5, 5.41) is 3.67. The fourth-order valence-electron chi connectivity index (χ4n) is 2.45. The summed E-state index contributed by atoms with van der Waals surface area (Å²) < 4.78 is 1.25. The lowest BCUT2D eigenvalue weighted by molar-refractivity contribution is 0.224. The van der Waals surface area contributed by atoms with E-state index in [1.165, 1.54) is 40.8 Å². The molecule has 0 aliphatic rings. The van der Waals surface area contributed by atoms with E-state index in [4.69, 9.17) is 0 Å². The first-order valence-electron chi connectivity index (χ1n) is 7.49. The Balaban J connectivity index is 2.75. The first-order chi connectivity index (χ1) is 9.01. The average molecular weight is 346 g/mol. The highest BCUT2D eigenvalue weighted by atomic mass is 79.9. The average Bonchev–Trinajstić information content (AvgIpc) is 2.78. The zero-order valence-corrected chi connectivity index (χ0v) is 15.2. The van der Waals surface area contributed by atoms with Gasteiger partial charge in [-0.25, -0.2) is 0 Å². The summed E-state index contributed by atoms with van der Waals surface area (Å²) in [6.45, 7) is 10.2. The summed E-state index contributed by atoms with van der Waals surface area (Å²) in [5.74, 6) is 0. The Kier molecular flexibility index (Phi) is 7.63. The molecular formula is C16H28BrNS. The molecule has 1 aromatic rings. The highest BCUT2D eigenvalue weighted by Gasteiger charge is 2.28. The topological polar surface area (TPSA) is 12.0 Å². The first kappa shape index (κ1) is 17.2. The minimum atomic E-state index is 0.421. The third-order valence-corrected chi connectivity index (χ3v) is 5.50. The Morgan fingerprint density at radius 3 is 2.53 bits per heavy atom. The second kappa shape index (κ2) is 8.43. The van der Waals surface area contributed by atoms with Gasteiger partial charge in [-0.05, 0) is 52.7 Å². The Bertz CT molecular complexity index is 361. The fraction of sp³-hybridized carbons (Fsp3) is 0.750. The highest BCUT2D eigenvalue weighted by molar-refractivity contribution is 9.11. The van der Waals surface area contributed by atoms with E-state index in [1.54, 1.807) is 0 Å². The van der Waals surface area contributed by atoms with Crippen molar-refractivity contribution in [3.63, 3.8) is 0 Å². The Morgan fingerprint density at radius 1 is 1.32 bits per heavy atom. The number of hydrogen-bond donors (Lipinski definition) is 1. The Morgan fingerprint density at radius 2 is 2.05 bits per heavy atom. The smallest absolute Gasteiger partial charge is 0.0701 e. The van der Waals surface area contributed by atoms with Crippen molar-refractivity contribution in [2.45, 2.75) is 65.8 Å². The van der Waals surface area contributed by atoms with E-state index in [9.17, 15) is 0 Å². The van der Waals surface area contributed by atoms with Gasteiger partial charge in [0.15, 0.2) is 0 Å². The van der Waals surface area contributed by atoms with E-state index in [-0.39, 0.29) is 0 Å². The van der Waals surface area contributed by atoms with Gasteiger partial charge in [0.1, 0.15) is 0 Å². The van der Waals surface area contributed by atoms with Gasteiger partial charge >= 0.3 is 0 Å². The van der Waals surface area contributed by atoms with E-state index in [0.717, 1.165) is 6.54 Å². The first-order valence-corrected chi connectivity index (χ1v) is 9.10. The molecule has 0 bridgehead atoms. The minimum Gasteiger partial charge on any atom is -0.314 e. The van der Waals surface area contributed by atoms with Crippen LogP contribution in [0.4, 0.5) is 0 Å². The van der Waals surface area contributed by atoms with Crippen LogP contribution in [0, 0.1) is 5.41 Å². The normalized spacial score (nSPS) is 14.8. The Labute approximate surface area is 131 Å². The van der Waals surface area contributed by atoms with Crippen molar-refractivity contribution >= 4 is 27.3 Å². The number of hydrogen-bond acceptors (Lipinski definition) is 2. The quantitative estimate of drug-likeness (QED) is 0.610. The van der Waals surface area contributed by atoms with Crippen molar-refractivity contribution in [1.29, 1.82) is 0 Å². The van der Waals surface area contributed by atoms with Gasteiger partial charge in [0.05, 0.1) is 3.79 Å². The number of nitrogens with one attached hydrogen (secondary N) is 1. The van der Waals surface area contributed by atoms with Crippen molar-refractivity contribution in [3.05, 3.63) is 20.8 Å². The van der Waals surface area contributed by atoms with Crippen LogP contribution in [0.15, 0.2) is 15.9 Å². The summed E-state index contributed by atoms with van der Waals surface area (Å²) in [6, 6.07) is 5.03. The molecule has 1 unspecified atom stereocenters. The molecule has 0 fully saturated rings. The van der Waals surface area contributed by atoms with Gasteiger partial charge in [-0.3, -0.25) is 0 Å². The van der Waals surface area contributed by atoms with Gasteiger partial charge in [0.25, 0.3) is 0 Å².